The smallest absolute Gasteiger partial charge is 0.226 e. The molecule has 3 rings (SSSR count). The van der Waals surface area contributed by atoms with Crippen molar-refractivity contribution in [2.75, 3.05) is 13.1 Å². The average molecular weight is 286 g/mol. The number of amides is 1. The first-order valence-corrected chi connectivity index (χ1v) is 7.19. The highest BCUT2D eigenvalue weighted by Gasteiger charge is 2.26. The highest BCUT2D eigenvalue weighted by atomic mass is 16.5. The number of aryl methyl sites for hydroxylation is 1. The lowest BCUT2D eigenvalue weighted by Crippen LogP contribution is -2.39. The number of carbonyl (C=O) groups is 1. The molecule has 1 aliphatic heterocycles. The van der Waals surface area contributed by atoms with Crippen LogP contribution in [0.15, 0.2) is 29.0 Å². The fraction of sp³-hybridized carbons (Fsp3) is 0.467. The van der Waals surface area contributed by atoms with E-state index in [2.05, 4.69) is 15.1 Å². The molecule has 6 heteroatoms. The Morgan fingerprint density at radius 2 is 2.05 bits per heavy atom. The minimum absolute atomic E-state index is 0.170. The number of pyridine rings is 1. The second kappa shape index (κ2) is 6.03. The van der Waals surface area contributed by atoms with Crippen molar-refractivity contribution in [3.63, 3.8) is 0 Å². The Bertz CT molecular complexity index is 603. The lowest BCUT2D eigenvalue weighted by atomic mass is 9.96. The molecule has 2 aromatic rings. The van der Waals surface area contributed by atoms with Crippen LogP contribution < -0.4 is 0 Å². The van der Waals surface area contributed by atoms with Gasteiger partial charge >= 0.3 is 0 Å². The van der Waals surface area contributed by atoms with Crippen LogP contribution in [-0.2, 0) is 11.2 Å². The van der Waals surface area contributed by atoms with Gasteiger partial charge in [0, 0.05) is 38.3 Å². The summed E-state index contributed by atoms with van der Waals surface area (Å²) in [5.41, 5.74) is 1.01. The van der Waals surface area contributed by atoms with Crippen molar-refractivity contribution in [1.82, 2.24) is 20.0 Å². The molecule has 21 heavy (non-hydrogen) atoms. The number of hydrogen-bond acceptors (Lipinski definition) is 5. The minimum Gasteiger partial charge on any atom is -0.342 e. The molecule has 1 saturated heterocycles. The monoisotopic (exact) mass is 286 g/mol. The van der Waals surface area contributed by atoms with Crippen molar-refractivity contribution in [3.05, 3.63) is 41.8 Å². The van der Waals surface area contributed by atoms with Crippen molar-refractivity contribution in [3.8, 4) is 0 Å². The summed E-state index contributed by atoms with van der Waals surface area (Å²) >= 11 is 0. The number of piperidine rings is 1. The van der Waals surface area contributed by atoms with Crippen LogP contribution in [0, 0.1) is 6.92 Å². The van der Waals surface area contributed by atoms with Crippen LogP contribution in [0.25, 0.3) is 0 Å². The molecule has 1 fully saturated rings. The Hall–Kier alpha value is -2.24. The highest BCUT2D eigenvalue weighted by molar-refractivity contribution is 5.78. The van der Waals surface area contributed by atoms with Gasteiger partial charge in [0.2, 0.25) is 11.8 Å². The summed E-state index contributed by atoms with van der Waals surface area (Å²) in [6.07, 6.45) is 5.65. The summed E-state index contributed by atoms with van der Waals surface area (Å²) in [4.78, 5) is 22.4. The van der Waals surface area contributed by atoms with E-state index in [1.54, 1.807) is 19.3 Å². The van der Waals surface area contributed by atoms with Gasteiger partial charge in [0.1, 0.15) is 0 Å². The summed E-state index contributed by atoms with van der Waals surface area (Å²) < 4.78 is 5.02. The summed E-state index contributed by atoms with van der Waals surface area (Å²) in [5.74, 6) is 1.84. The van der Waals surface area contributed by atoms with Gasteiger partial charge in [0.25, 0.3) is 0 Å². The molecule has 0 radical (unpaired) electrons. The van der Waals surface area contributed by atoms with Gasteiger partial charge in [-0.2, -0.15) is 4.98 Å². The summed E-state index contributed by atoms with van der Waals surface area (Å²) in [6.45, 7) is 3.30. The SMILES string of the molecule is Cc1nc(C2CCN(C(=O)Cc3ccncc3)CC2)no1. The highest BCUT2D eigenvalue weighted by Crippen LogP contribution is 2.26. The van der Waals surface area contributed by atoms with Crippen LogP contribution in [0.3, 0.4) is 0 Å². The zero-order chi connectivity index (χ0) is 14.7. The van der Waals surface area contributed by atoms with Crippen LogP contribution in [0.2, 0.25) is 0 Å². The first-order chi connectivity index (χ1) is 10.2. The zero-order valence-corrected chi connectivity index (χ0v) is 12.0. The first kappa shape index (κ1) is 13.7. The third-order valence-electron chi connectivity index (χ3n) is 3.86. The molecule has 6 nitrogen and oxygen atoms in total. The fourth-order valence-corrected chi connectivity index (χ4v) is 2.65. The Morgan fingerprint density at radius 3 is 2.67 bits per heavy atom. The van der Waals surface area contributed by atoms with E-state index in [0.29, 0.717) is 18.2 Å². The number of likely N-dealkylation sites (tertiary alicyclic amines) is 1. The Balaban J connectivity index is 1.54. The van der Waals surface area contributed by atoms with Crippen molar-refractivity contribution in [2.45, 2.75) is 32.1 Å². The van der Waals surface area contributed by atoms with E-state index in [9.17, 15) is 4.79 Å². The normalized spacial score (nSPS) is 16.1. The van der Waals surface area contributed by atoms with Gasteiger partial charge in [-0.25, -0.2) is 0 Å². The maximum atomic E-state index is 12.3. The number of nitrogens with zero attached hydrogens (tertiary/aromatic N) is 4. The van der Waals surface area contributed by atoms with Crippen LogP contribution in [0.4, 0.5) is 0 Å². The topological polar surface area (TPSA) is 72.1 Å². The molecule has 1 aliphatic rings. The van der Waals surface area contributed by atoms with Crippen LogP contribution >= 0.6 is 0 Å². The van der Waals surface area contributed by atoms with E-state index >= 15 is 0 Å². The summed E-state index contributed by atoms with van der Waals surface area (Å²) in [7, 11) is 0. The maximum Gasteiger partial charge on any atom is 0.226 e. The van der Waals surface area contributed by atoms with Crippen LogP contribution in [0.5, 0.6) is 0 Å². The van der Waals surface area contributed by atoms with Gasteiger partial charge in [-0.1, -0.05) is 5.16 Å². The Morgan fingerprint density at radius 1 is 1.33 bits per heavy atom. The third kappa shape index (κ3) is 3.26. The number of rotatable bonds is 3. The lowest BCUT2D eigenvalue weighted by molar-refractivity contribution is -0.131. The zero-order valence-electron chi connectivity index (χ0n) is 12.0. The van der Waals surface area contributed by atoms with Crippen molar-refractivity contribution in [2.24, 2.45) is 0 Å². The van der Waals surface area contributed by atoms with Gasteiger partial charge in [-0.15, -0.1) is 0 Å². The molecule has 1 amide bonds. The van der Waals surface area contributed by atoms with Crippen LogP contribution in [0.1, 0.15) is 36.0 Å². The molecular formula is C15H18N4O2. The molecule has 0 aromatic carbocycles. The van der Waals surface area contributed by atoms with Gasteiger partial charge in [0.05, 0.1) is 6.42 Å². The minimum atomic E-state index is 0.170. The van der Waals surface area contributed by atoms with Gasteiger partial charge < -0.3 is 9.42 Å². The van der Waals surface area contributed by atoms with E-state index in [4.69, 9.17) is 4.52 Å². The van der Waals surface area contributed by atoms with Crippen molar-refractivity contribution >= 4 is 5.91 Å². The number of carbonyl (C=O) groups excluding carboxylic acids is 1. The second-order valence-corrected chi connectivity index (χ2v) is 5.36. The molecule has 0 N–H and O–H groups in total. The molecule has 0 atom stereocenters. The fourth-order valence-electron chi connectivity index (χ4n) is 2.65. The molecule has 0 aliphatic carbocycles. The predicted molar refractivity (Wildman–Crippen MR) is 75.5 cm³/mol. The Labute approximate surface area is 123 Å². The van der Waals surface area contributed by atoms with E-state index in [1.165, 1.54) is 0 Å². The maximum absolute atomic E-state index is 12.3. The average Bonchev–Trinajstić information content (AvgIpc) is 2.95. The van der Waals surface area contributed by atoms with Gasteiger partial charge in [-0.3, -0.25) is 9.78 Å². The third-order valence-corrected chi connectivity index (χ3v) is 3.86. The molecule has 0 bridgehead atoms. The summed E-state index contributed by atoms with van der Waals surface area (Å²) in [6, 6.07) is 3.76. The van der Waals surface area contributed by atoms with E-state index in [-0.39, 0.29) is 5.91 Å². The molecule has 0 unspecified atom stereocenters. The second-order valence-electron chi connectivity index (χ2n) is 5.36. The molecule has 2 aromatic heterocycles. The van der Waals surface area contributed by atoms with Gasteiger partial charge in [-0.05, 0) is 30.5 Å². The molecular weight excluding hydrogens is 268 g/mol. The van der Waals surface area contributed by atoms with E-state index < -0.39 is 0 Å². The molecule has 0 spiro atoms. The largest absolute Gasteiger partial charge is 0.342 e. The number of hydrogen-bond donors (Lipinski definition) is 0. The van der Waals surface area contributed by atoms with E-state index in [0.717, 1.165) is 37.3 Å². The quantitative estimate of drug-likeness (QED) is 0.859. The molecule has 0 saturated carbocycles. The Kier molecular flexibility index (Phi) is 3.94. The first-order valence-electron chi connectivity index (χ1n) is 7.19. The van der Waals surface area contributed by atoms with Crippen molar-refractivity contribution in [1.29, 1.82) is 0 Å². The van der Waals surface area contributed by atoms with Crippen molar-refractivity contribution < 1.29 is 9.32 Å². The van der Waals surface area contributed by atoms with E-state index in [1.807, 2.05) is 17.0 Å². The summed E-state index contributed by atoms with van der Waals surface area (Å²) in [5, 5.41) is 3.98. The molecule has 3 heterocycles. The van der Waals surface area contributed by atoms with Gasteiger partial charge in [0.15, 0.2) is 5.82 Å². The number of aromatic nitrogens is 3. The lowest BCUT2D eigenvalue weighted by Gasteiger charge is -2.30. The standard InChI is InChI=1S/C15H18N4O2/c1-11-17-15(18-21-11)13-4-8-19(9-5-13)14(20)10-12-2-6-16-7-3-12/h2-3,6-7,13H,4-5,8-10H2,1H3. The molecule has 110 valence electrons. The van der Waals surface area contributed by atoms with Crippen LogP contribution in [-0.4, -0.2) is 39.0 Å². The predicted octanol–water partition coefficient (Wildman–Crippen LogP) is 1.72.